The maximum absolute atomic E-state index is 10.1. The number of hydrogen-bond donors (Lipinski definition) is 1. The molecule has 1 fully saturated rings. The average molecular weight is 282 g/mol. The van der Waals surface area contributed by atoms with Gasteiger partial charge in [-0.15, -0.1) is 0 Å². The lowest BCUT2D eigenvalue weighted by atomic mass is 10.0. The van der Waals surface area contributed by atoms with Gasteiger partial charge in [-0.1, -0.05) is 11.3 Å². The molecule has 1 N–H and O–H groups in total. The number of ether oxygens (including phenoxy) is 1. The third-order valence-corrected chi connectivity index (χ3v) is 5.01. The number of anilines is 1. The van der Waals surface area contributed by atoms with E-state index < -0.39 is 0 Å². The fraction of sp³-hybridized carbons (Fsp3) is 0.786. The summed E-state index contributed by atoms with van der Waals surface area (Å²) in [7, 11) is 0. The van der Waals surface area contributed by atoms with E-state index in [0.717, 1.165) is 48.1 Å². The molecule has 0 bridgehead atoms. The standard InChI is InChI=1S/C14H22N2O2S/c1-9-7-16(8-14(2,3)18-9)13-15-10-5-4-6-11(17)12(10)19-13/h9,11,17H,4-8H2,1-3H3. The Morgan fingerprint density at radius 1 is 1.47 bits per heavy atom. The van der Waals surface area contributed by atoms with E-state index in [4.69, 9.17) is 9.72 Å². The number of hydrogen-bond acceptors (Lipinski definition) is 5. The molecule has 2 aliphatic rings. The Labute approximate surface area is 118 Å². The molecule has 1 saturated heterocycles. The molecule has 0 amide bonds. The molecule has 2 heterocycles. The number of aryl methyl sites for hydroxylation is 1. The summed E-state index contributed by atoms with van der Waals surface area (Å²) in [6, 6.07) is 0. The van der Waals surface area contributed by atoms with E-state index in [2.05, 4.69) is 25.7 Å². The lowest BCUT2D eigenvalue weighted by Crippen LogP contribution is -2.52. The molecule has 19 heavy (non-hydrogen) atoms. The Bertz CT molecular complexity index is 472. The van der Waals surface area contributed by atoms with Crippen molar-refractivity contribution >= 4 is 16.5 Å². The van der Waals surface area contributed by atoms with Crippen molar-refractivity contribution in [2.75, 3.05) is 18.0 Å². The highest BCUT2D eigenvalue weighted by Gasteiger charge is 2.34. The van der Waals surface area contributed by atoms with Crippen LogP contribution in [0.4, 0.5) is 5.13 Å². The number of fused-ring (bicyclic) bond motifs is 1. The summed E-state index contributed by atoms with van der Waals surface area (Å²) in [6.07, 6.45) is 2.84. The molecule has 0 spiro atoms. The van der Waals surface area contributed by atoms with Crippen LogP contribution >= 0.6 is 11.3 Å². The van der Waals surface area contributed by atoms with Crippen molar-refractivity contribution in [3.8, 4) is 0 Å². The summed E-state index contributed by atoms with van der Waals surface area (Å²) >= 11 is 1.66. The molecule has 2 atom stereocenters. The highest BCUT2D eigenvalue weighted by molar-refractivity contribution is 7.15. The minimum absolute atomic E-state index is 0.136. The summed E-state index contributed by atoms with van der Waals surface area (Å²) < 4.78 is 5.93. The zero-order valence-electron chi connectivity index (χ0n) is 11.8. The van der Waals surface area contributed by atoms with Crippen molar-refractivity contribution in [2.24, 2.45) is 0 Å². The number of morpholine rings is 1. The molecular weight excluding hydrogens is 260 g/mol. The summed E-state index contributed by atoms with van der Waals surface area (Å²) in [5.74, 6) is 0. The first-order valence-corrected chi connectivity index (χ1v) is 7.87. The average Bonchev–Trinajstić information content (AvgIpc) is 2.71. The predicted molar refractivity (Wildman–Crippen MR) is 76.9 cm³/mol. The second-order valence-corrected chi connectivity index (χ2v) is 7.29. The molecule has 0 saturated carbocycles. The normalized spacial score (nSPS) is 30.2. The molecular formula is C14H22N2O2S. The van der Waals surface area contributed by atoms with Crippen molar-refractivity contribution in [1.29, 1.82) is 0 Å². The van der Waals surface area contributed by atoms with Gasteiger partial charge >= 0.3 is 0 Å². The molecule has 5 heteroatoms. The van der Waals surface area contributed by atoms with E-state index in [-0.39, 0.29) is 17.8 Å². The number of nitrogens with zero attached hydrogens (tertiary/aromatic N) is 2. The molecule has 1 aromatic rings. The Morgan fingerprint density at radius 2 is 2.26 bits per heavy atom. The highest BCUT2D eigenvalue weighted by atomic mass is 32.1. The second kappa shape index (κ2) is 4.72. The van der Waals surface area contributed by atoms with Crippen molar-refractivity contribution < 1.29 is 9.84 Å². The molecule has 4 nitrogen and oxygen atoms in total. The van der Waals surface area contributed by atoms with Crippen LogP contribution in [-0.2, 0) is 11.2 Å². The van der Waals surface area contributed by atoms with Crippen LogP contribution < -0.4 is 4.90 Å². The highest BCUT2D eigenvalue weighted by Crippen LogP contribution is 2.38. The van der Waals surface area contributed by atoms with Crippen LogP contribution in [0.1, 0.15) is 50.3 Å². The van der Waals surface area contributed by atoms with E-state index in [1.807, 2.05) is 0 Å². The van der Waals surface area contributed by atoms with Gasteiger partial charge in [-0.2, -0.15) is 0 Å². The molecule has 106 valence electrons. The topological polar surface area (TPSA) is 45.6 Å². The minimum atomic E-state index is -0.304. The maximum atomic E-state index is 10.1. The van der Waals surface area contributed by atoms with Crippen LogP contribution in [0.2, 0.25) is 0 Å². The van der Waals surface area contributed by atoms with E-state index in [1.54, 1.807) is 11.3 Å². The van der Waals surface area contributed by atoms with Gasteiger partial charge in [0, 0.05) is 13.1 Å². The van der Waals surface area contributed by atoms with Crippen LogP contribution in [0, 0.1) is 0 Å². The quantitative estimate of drug-likeness (QED) is 0.859. The Balaban J connectivity index is 1.86. The van der Waals surface area contributed by atoms with Crippen molar-refractivity contribution in [3.05, 3.63) is 10.6 Å². The van der Waals surface area contributed by atoms with E-state index in [1.165, 1.54) is 0 Å². The molecule has 1 aliphatic carbocycles. The number of rotatable bonds is 1. The van der Waals surface area contributed by atoms with Gasteiger partial charge in [0.2, 0.25) is 0 Å². The van der Waals surface area contributed by atoms with E-state index in [0.29, 0.717) is 0 Å². The van der Waals surface area contributed by atoms with E-state index >= 15 is 0 Å². The van der Waals surface area contributed by atoms with Gasteiger partial charge in [-0.3, -0.25) is 0 Å². The lowest BCUT2D eigenvalue weighted by molar-refractivity contribution is -0.0749. The van der Waals surface area contributed by atoms with E-state index in [9.17, 15) is 5.11 Å². The Hall–Kier alpha value is -0.650. The lowest BCUT2D eigenvalue weighted by Gasteiger charge is -2.41. The van der Waals surface area contributed by atoms with Crippen molar-refractivity contribution in [2.45, 2.75) is 57.8 Å². The van der Waals surface area contributed by atoms with Gasteiger partial charge in [-0.25, -0.2) is 4.98 Å². The van der Waals surface area contributed by atoms with Gasteiger partial charge in [0.1, 0.15) is 0 Å². The smallest absolute Gasteiger partial charge is 0.186 e. The number of aliphatic hydroxyl groups is 1. The molecule has 0 aromatic carbocycles. The zero-order chi connectivity index (χ0) is 13.6. The Kier molecular flexibility index (Phi) is 3.31. The number of aliphatic hydroxyl groups excluding tert-OH is 1. The van der Waals surface area contributed by atoms with Crippen LogP contribution in [0.5, 0.6) is 0 Å². The van der Waals surface area contributed by atoms with Gasteiger partial charge in [0.05, 0.1) is 28.4 Å². The van der Waals surface area contributed by atoms with Crippen molar-refractivity contribution in [3.63, 3.8) is 0 Å². The number of aromatic nitrogens is 1. The second-order valence-electron chi connectivity index (χ2n) is 6.28. The van der Waals surface area contributed by atoms with Gasteiger partial charge in [-0.05, 0) is 40.0 Å². The largest absolute Gasteiger partial charge is 0.388 e. The van der Waals surface area contributed by atoms with Gasteiger partial charge in [0.15, 0.2) is 5.13 Å². The van der Waals surface area contributed by atoms with Crippen LogP contribution in [0.25, 0.3) is 0 Å². The number of thiazole rings is 1. The first-order valence-electron chi connectivity index (χ1n) is 7.05. The van der Waals surface area contributed by atoms with Crippen LogP contribution in [0.15, 0.2) is 0 Å². The molecule has 1 aromatic heterocycles. The summed E-state index contributed by atoms with van der Waals surface area (Å²) in [5.41, 5.74) is 0.971. The first-order chi connectivity index (χ1) is 8.94. The van der Waals surface area contributed by atoms with Crippen LogP contribution in [-0.4, -0.2) is 34.9 Å². The zero-order valence-corrected chi connectivity index (χ0v) is 12.7. The Morgan fingerprint density at radius 3 is 2.95 bits per heavy atom. The van der Waals surface area contributed by atoms with Gasteiger partial charge in [0.25, 0.3) is 0 Å². The maximum Gasteiger partial charge on any atom is 0.186 e. The van der Waals surface area contributed by atoms with Crippen molar-refractivity contribution in [1.82, 2.24) is 4.98 Å². The minimum Gasteiger partial charge on any atom is -0.388 e. The predicted octanol–water partition coefficient (Wildman–Crippen LogP) is 2.52. The first kappa shape index (κ1) is 13.3. The van der Waals surface area contributed by atoms with Gasteiger partial charge < -0.3 is 14.7 Å². The summed E-state index contributed by atoms with van der Waals surface area (Å²) in [6.45, 7) is 8.10. The third-order valence-electron chi connectivity index (χ3n) is 3.75. The third kappa shape index (κ3) is 2.64. The molecule has 3 rings (SSSR count). The fourth-order valence-corrected chi connectivity index (χ4v) is 4.26. The summed E-state index contributed by atoms with van der Waals surface area (Å²) in [5, 5.41) is 11.1. The van der Waals surface area contributed by atoms with Crippen LogP contribution in [0.3, 0.4) is 0 Å². The summed E-state index contributed by atoms with van der Waals surface area (Å²) in [4.78, 5) is 8.14. The SMILES string of the molecule is CC1CN(c2nc3c(s2)C(O)CCC3)CC(C)(C)O1. The fourth-order valence-electron chi connectivity index (χ4n) is 3.12. The molecule has 1 aliphatic heterocycles. The molecule has 2 unspecified atom stereocenters. The monoisotopic (exact) mass is 282 g/mol. The molecule has 0 radical (unpaired) electrons.